The molecule has 0 unspecified atom stereocenters. The third-order valence-corrected chi connectivity index (χ3v) is 8.18. The molecule has 0 N–H and O–H groups in total. The molecule has 2 fully saturated rings. The van der Waals surface area contributed by atoms with Gasteiger partial charge in [0.2, 0.25) is 0 Å². The molecule has 4 rings (SSSR count). The van der Waals surface area contributed by atoms with Crippen LogP contribution in [0.15, 0.2) is 26.9 Å². The zero-order valence-electron chi connectivity index (χ0n) is 15.3. The fourth-order valence-corrected chi connectivity index (χ4v) is 6.11. The van der Waals surface area contributed by atoms with E-state index in [9.17, 15) is 13.2 Å². The van der Waals surface area contributed by atoms with Crippen LogP contribution in [0, 0.1) is 0 Å². The summed E-state index contributed by atoms with van der Waals surface area (Å²) in [4.78, 5) is 12.3. The highest BCUT2D eigenvalue weighted by Gasteiger charge is 2.43. The van der Waals surface area contributed by atoms with E-state index in [1.54, 1.807) is 13.0 Å². The summed E-state index contributed by atoms with van der Waals surface area (Å²) in [7, 11) is -3.63. The van der Waals surface area contributed by atoms with Crippen molar-refractivity contribution in [1.82, 2.24) is 9.46 Å². The molecule has 0 amide bonds. The monoisotopic (exact) mass is 428 g/mol. The van der Waals surface area contributed by atoms with Gasteiger partial charge in [-0.05, 0) is 19.1 Å². The smallest absolute Gasteiger partial charge is 0.360 e. The zero-order valence-corrected chi connectivity index (χ0v) is 16.9. The van der Waals surface area contributed by atoms with Gasteiger partial charge in [-0.2, -0.15) is 4.31 Å². The van der Waals surface area contributed by atoms with Crippen LogP contribution in [-0.4, -0.2) is 62.5 Å². The number of rotatable bonds is 5. The van der Waals surface area contributed by atoms with E-state index >= 15 is 0 Å². The average Bonchev–Trinajstić information content (AvgIpc) is 3.43. The minimum absolute atomic E-state index is 0.0487. The molecular formula is C17H20N2O7S2. The quantitative estimate of drug-likeness (QED) is 0.666. The SMILES string of the molecule is CCOC(=O)c1cc(-c2ccc(S(=O)(=O)N3CCC4(CC3)OCCO4)s2)on1. The van der Waals surface area contributed by atoms with Gasteiger partial charge in [0.25, 0.3) is 10.0 Å². The van der Waals surface area contributed by atoms with Crippen molar-refractivity contribution in [1.29, 1.82) is 0 Å². The molecule has 2 aromatic heterocycles. The lowest BCUT2D eigenvalue weighted by Gasteiger charge is -2.36. The Balaban J connectivity index is 1.48. The Kier molecular flexibility index (Phi) is 5.27. The lowest BCUT2D eigenvalue weighted by Crippen LogP contribution is -2.47. The molecule has 0 atom stereocenters. The van der Waals surface area contributed by atoms with Crippen LogP contribution in [0.25, 0.3) is 10.6 Å². The van der Waals surface area contributed by atoms with E-state index in [2.05, 4.69) is 5.16 Å². The van der Waals surface area contributed by atoms with Crippen molar-refractivity contribution in [3.05, 3.63) is 23.9 Å². The van der Waals surface area contributed by atoms with Gasteiger partial charge in [0.1, 0.15) is 4.21 Å². The molecule has 2 aliphatic rings. The van der Waals surface area contributed by atoms with E-state index in [1.807, 2.05) is 0 Å². The number of esters is 1. The molecule has 28 heavy (non-hydrogen) atoms. The second-order valence-corrected chi connectivity index (χ2v) is 9.68. The number of nitrogens with zero attached hydrogens (tertiary/aromatic N) is 2. The molecule has 2 saturated heterocycles. The first-order chi connectivity index (χ1) is 13.4. The van der Waals surface area contributed by atoms with E-state index in [0.717, 1.165) is 11.3 Å². The molecule has 152 valence electrons. The summed E-state index contributed by atoms with van der Waals surface area (Å²) in [5.41, 5.74) is 0.0487. The molecule has 0 radical (unpaired) electrons. The minimum atomic E-state index is -3.63. The standard InChI is InChI=1S/C17H20N2O7S2/c1-2-23-16(20)12-11-13(26-18-12)14-3-4-15(27-14)28(21,22)19-7-5-17(6-8-19)24-9-10-25-17/h3-4,11H,2,5-10H2,1H3. The molecule has 4 heterocycles. The lowest BCUT2D eigenvalue weighted by molar-refractivity contribution is -0.179. The third kappa shape index (κ3) is 3.60. The van der Waals surface area contributed by atoms with Crippen LogP contribution in [0.3, 0.4) is 0 Å². The van der Waals surface area contributed by atoms with E-state index in [4.69, 9.17) is 18.7 Å². The van der Waals surface area contributed by atoms with Crippen LogP contribution >= 0.6 is 11.3 Å². The van der Waals surface area contributed by atoms with Gasteiger partial charge in [-0.1, -0.05) is 5.16 Å². The molecule has 0 aromatic carbocycles. The van der Waals surface area contributed by atoms with Crippen LogP contribution < -0.4 is 0 Å². The number of hydrogen-bond donors (Lipinski definition) is 0. The van der Waals surface area contributed by atoms with Gasteiger partial charge in [0.05, 0.1) is 24.7 Å². The van der Waals surface area contributed by atoms with E-state index in [-0.39, 0.29) is 16.5 Å². The van der Waals surface area contributed by atoms with Gasteiger partial charge >= 0.3 is 5.97 Å². The van der Waals surface area contributed by atoms with Crippen LogP contribution in [0.2, 0.25) is 0 Å². The van der Waals surface area contributed by atoms with Gasteiger partial charge in [0, 0.05) is 32.0 Å². The second-order valence-electron chi connectivity index (χ2n) is 6.43. The average molecular weight is 428 g/mol. The van der Waals surface area contributed by atoms with Crippen molar-refractivity contribution >= 4 is 27.3 Å². The highest BCUT2D eigenvalue weighted by molar-refractivity contribution is 7.91. The summed E-state index contributed by atoms with van der Waals surface area (Å²) in [6, 6.07) is 4.62. The van der Waals surface area contributed by atoms with Crippen LogP contribution in [-0.2, 0) is 24.2 Å². The van der Waals surface area contributed by atoms with Crippen molar-refractivity contribution < 1.29 is 31.9 Å². The highest BCUT2D eigenvalue weighted by atomic mass is 32.2. The van der Waals surface area contributed by atoms with Gasteiger partial charge in [0.15, 0.2) is 17.2 Å². The van der Waals surface area contributed by atoms with Gasteiger partial charge in [-0.3, -0.25) is 0 Å². The summed E-state index contributed by atoms with van der Waals surface area (Å²) in [6.07, 6.45) is 1.02. The maximum Gasteiger partial charge on any atom is 0.360 e. The third-order valence-electron chi connectivity index (χ3n) is 4.71. The molecule has 0 aliphatic carbocycles. The number of ether oxygens (including phenoxy) is 3. The van der Waals surface area contributed by atoms with Crippen molar-refractivity contribution in [2.45, 2.75) is 29.8 Å². The molecule has 2 aromatic rings. The molecule has 1 spiro atoms. The largest absolute Gasteiger partial charge is 0.461 e. The fourth-order valence-electron chi connectivity index (χ4n) is 3.26. The second kappa shape index (κ2) is 7.56. The van der Waals surface area contributed by atoms with Gasteiger partial charge in [-0.15, -0.1) is 11.3 Å². The Labute approximate surface area is 166 Å². The topological polar surface area (TPSA) is 108 Å². The number of aromatic nitrogens is 1. The molecule has 9 nitrogen and oxygen atoms in total. The van der Waals surface area contributed by atoms with Crippen LogP contribution in [0.4, 0.5) is 0 Å². The highest BCUT2D eigenvalue weighted by Crippen LogP contribution is 2.36. The number of carbonyl (C=O) groups excluding carboxylic acids is 1. The van der Waals surface area contributed by atoms with E-state index in [0.29, 0.717) is 49.8 Å². The molecular weight excluding hydrogens is 408 g/mol. The molecule has 2 aliphatic heterocycles. The number of piperidine rings is 1. The number of carbonyl (C=O) groups is 1. The lowest BCUT2D eigenvalue weighted by atomic mass is 10.1. The first kappa shape index (κ1) is 19.5. The van der Waals surface area contributed by atoms with Crippen molar-refractivity contribution in [3.63, 3.8) is 0 Å². The first-order valence-electron chi connectivity index (χ1n) is 8.96. The molecule has 0 bridgehead atoms. The summed E-state index contributed by atoms with van der Waals surface area (Å²) < 4.78 is 48.9. The van der Waals surface area contributed by atoms with E-state index in [1.165, 1.54) is 16.4 Å². The summed E-state index contributed by atoms with van der Waals surface area (Å²) in [5, 5.41) is 3.68. The maximum atomic E-state index is 13.0. The normalized spacial score (nSPS) is 19.9. The van der Waals surface area contributed by atoms with Crippen LogP contribution in [0.5, 0.6) is 0 Å². The Bertz CT molecular complexity index is 950. The van der Waals surface area contributed by atoms with Gasteiger partial charge < -0.3 is 18.7 Å². The molecule has 0 saturated carbocycles. The van der Waals surface area contributed by atoms with Crippen molar-refractivity contribution in [3.8, 4) is 10.6 Å². The minimum Gasteiger partial charge on any atom is -0.461 e. The predicted octanol–water partition coefficient (Wildman–Crippen LogP) is 2.11. The van der Waals surface area contributed by atoms with Gasteiger partial charge in [-0.25, -0.2) is 13.2 Å². The van der Waals surface area contributed by atoms with Crippen molar-refractivity contribution in [2.75, 3.05) is 32.9 Å². The van der Waals surface area contributed by atoms with E-state index < -0.39 is 21.8 Å². The fraction of sp³-hybridized carbons (Fsp3) is 0.529. The number of hydrogen-bond acceptors (Lipinski definition) is 9. The summed E-state index contributed by atoms with van der Waals surface area (Å²) in [5.74, 6) is -0.893. The van der Waals surface area contributed by atoms with Crippen molar-refractivity contribution in [2.24, 2.45) is 0 Å². The number of sulfonamides is 1. The summed E-state index contributed by atoms with van der Waals surface area (Å²) in [6.45, 7) is 3.70. The Morgan fingerprint density at radius 1 is 1.29 bits per heavy atom. The predicted molar refractivity (Wildman–Crippen MR) is 98.4 cm³/mol. The molecule has 11 heteroatoms. The Morgan fingerprint density at radius 2 is 2.00 bits per heavy atom. The zero-order chi connectivity index (χ0) is 19.8. The maximum absolute atomic E-state index is 13.0. The Morgan fingerprint density at radius 3 is 2.68 bits per heavy atom. The first-order valence-corrected chi connectivity index (χ1v) is 11.2. The summed E-state index contributed by atoms with van der Waals surface area (Å²) >= 11 is 1.07. The van der Waals surface area contributed by atoms with Crippen LogP contribution in [0.1, 0.15) is 30.3 Å². The Hall–Kier alpha value is -1.79. The number of thiophene rings is 1.